The first kappa shape index (κ1) is 16.3. The standard InChI is InChI=1S/C17H33NO2/c1-12(2)18(13(3)4)9-17(19)11-20-10-16-8-14-5-6-15(16)7-14/h12-17,19H,5-11H2,1-4H3/t14-,15-,16+,17-/m1/s1. The van der Waals surface area contributed by atoms with Gasteiger partial charge in [0.2, 0.25) is 0 Å². The first-order chi connectivity index (χ1) is 9.47. The van der Waals surface area contributed by atoms with Gasteiger partial charge in [-0.3, -0.25) is 4.90 Å². The van der Waals surface area contributed by atoms with Crippen LogP contribution >= 0.6 is 0 Å². The number of nitrogens with zero attached hydrogens (tertiary/aromatic N) is 1. The summed E-state index contributed by atoms with van der Waals surface area (Å²) in [6, 6.07) is 0.936. The maximum atomic E-state index is 10.2. The molecule has 0 amide bonds. The van der Waals surface area contributed by atoms with E-state index in [1.807, 2.05) is 0 Å². The second kappa shape index (κ2) is 7.24. The summed E-state index contributed by atoms with van der Waals surface area (Å²) in [4.78, 5) is 2.32. The van der Waals surface area contributed by atoms with Crippen LogP contribution in [0.15, 0.2) is 0 Å². The van der Waals surface area contributed by atoms with E-state index in [-0.39, 0.29) is 6.10 Å². The Bertz CT molecular complexity index is 285. The fourth-order valence-corrected chi connectivity index (χ4v) is 4.25. The Morgan fingerprint density at radius 2 is 1.80 bits per heavy atom. The molecule has 4 atom stereocenters. The lowest BCUT2D eigenvalue weighted by atomic mass is 9.90. The Labute approximate surface area is 124 Å². The van der Waals surface area contributed by atoms with Crippen molar-refractivity contribution in [2.75, 3.05) is 19.8 Å². The molecule has 0 heterocycles. The Hall–Kier alpha value is -0.120. The van der Waals surface area contributed by atoms with Crippen molar-refractivity contribution < 1.29 is 9.84 Å². The third kappa shape index (κ3) is 4.19. The Kier molecular flexibility index (Phi) is 5.88. The zero-order chi connectivity index (χ0) is 14.7. The summed E-state index contributed by atoms with van der Waals surface area (Å²) in [7, 11) is 0. The van der Waals surface area contributed by atoms with Crippen LogP contribution in [0.4, 0.5) is 0 Å². The van der Waals surface area contributed by atoms with Crippen molar-refractivity contribution in [1.82, 2.24) is 4.90 Å². The fourth-order valence-electron chi connectivity index (χ4n) is 4.25. The lowest BCUT2D eigenvalue weighted by Gasteiger charge is -2.32. The summed E-state index contributed by atoms with van der Waals surface area (Å²) in [5.74, 6) is 2.67. The van der Waals surface area contributed by atoms with Gasteiger partial charge in [0.25, 0.3) is 0 Å². The van der Waals surface area contributed by atoms with E-state index in [2.05, 4.69) is 32.6 Å². The van der Waals surface area contributed by atoms with Gasteiger partial charge in [0, 0.05) is 25.2 Å². The average Bonchev–Trinajstić information content (AvgIpc) is 2.97. The molecule has 0 aromatic rings. The molecule has 20 heavy (non-hydrogen) atoms. The quantitative estimate of drug-likeness (QED) is 0.743. The number of hydrogen-bond donors (Lipinski definition) is 1. The molecule has 0 radical (unpaired) electrons. The normalized spacial score (nSPS) is 30.9. The summed E-state index contributed by atoms with van der Waals surface area (Å²) < 4.78 is 5.82. The van der Waals surface area contributed by atoms with Crippen LogP contribution < -0.4 is 0 Å². The van der Waals surface area contributed by atoms with Crippen molar-refractivity contribution in [3.63, 3.8) is 0 Å². The van der Waals surface area contributed by atoms with Gasteiger partial charge in [0.1, 0.15) is 0 Å². The molecule has 2 aliphatic rings. The van der Waals surface area contributed by atoms with E-state index < -0.39 is 0 Å². The Morgan fingerprint density at radius 3 is 2.30 bits per heavy atom. The number of rotatable bonds is 8. The topological polar surface area (TPSA) is 32.7 Å². The zero-order valence-corrected chi connectivity index (χ0v) is 13.7. The average molecular weight is 283 g/mol. The number of aliphatic hydroxyl groups is 1. The monoisotopic (exact) mass is 283 g/mol. The van der Waals surface area contributed by atoms with Crippen molar-refractivity contribution in [2.45, 2.75) is 71.6 Å². The van der Waals surface area contributed by atoms with Gasteiger partial charge in [-0.05, 0) is 64.7 Å². The van der Waals surface area contributed by atoms with E-state index in [9.17, 15) is 5.11 Å². The van der Waals surface area contributed by atoms with Crippen LogP contribution in [-0.4, -0.2) is 48.0 Å². The third-order valence-corrected chi connectivity index (χ3v) is 5.27. The molecule has 2 rings (SSSR count). The van der Waals surface area contributed by atoms with Gasteiger partial charge in [0.05, 0.1) is 12.7 Å². The zero-order valence-electron chi connectivity index (χ0n) is 13.7. The minimum atomic E-state index is -0.363. The highest BCUT2D eigenvalue weighted by molar-refractivity contribution is 4.89. The molecule has 3 nitrogen and oxygen atoms in total. The lowest BCUT2D eigenvalue weighted by Crippen LogP contribution is -2.43. The second-order valence-electron chi connectivity index (χ2n) is 7.51. The molecule has 2 saturated carbocycles. The van der Waals surface area contributed by atoms with Crippen molar-refractivity contribution >= 4 is 0 Å². The van der Waals surface area contributed by atoms with E-state index in [0.717, 1.165) is 24.4 Å². The number of ether oxygens (including phenoxy) is 1. The fraction of sp³-hybridized carbons (Fsp3) is 1.00. The smallest absolute Gasteiger partial charge is 0.0900 e. The SMILES string of the molecule is CC(C)N(C[C@@H](O)COC[C@@H]1C[C@@H]2CC[C@@H]1C2)C(C)C. The summed E-state index contributed by atoms with van der Waals surface area (Å²) in [5, 5.41) is 10.2. The number of aliphatic hydroxyl groups excluding tert-OH is 1. The molecule has 0 aromatic carbocycles. The highest BCUT2D eigenvalue weighted by Crippen LogP contribution is 2.48. The Morgan fingerprint density at radius 1 is 1.10 bits per heavy atom. The first-order valence-corrected chi connectivity index (χ1v) is 8.49. The van der Waals surface area contributed by atoms with Crippen LogP contribution in [0.1, 0.15) is 53.4 Å². The molecule has 0 aliphatic heterocycles. The molecule has 3 heteroatoms. The molecule has 0 spiro atoms. The van der Waals surface area contributed by atoms with E-state index in [1.165, 1.54) is 25.7 Å². The van der Waals surface area contributed by atoms with E-state index in [4.69, 9.17) is 4.74 Å². The van der Waals surface area contributed by atoms with Crippen molar-refractivity contribution in [1.29, 1.82) is 0 Å². The van der Waals surface area contributed by atoms with E-state index in [0.29, 0.717) is 25.2 Å². The molecule has 118 valence electrons. The summed E-state index contributed by atoms with van der Waals surface area (Å²) in [6.07, 6.45) is 5.30. The predicted octanol–water partition coefficient (Wildman–Crippen LogP) is 2.92. The Balaban J connectivity index is 1.63. The number of hydrogen-bond acceptors (Lipinski definition) is 3. The van der Waals surface area contributed by atoms with Crippen LogP contribution in [0, 0.1) is 17.8 Å². The van der Waals surface area contributed by atoms with Crippen LogP contribution in [0.5, 0.6) is 0 Å². The molecular weight excluding hydrogens is 250 g/mol. The molecule has 2 bridgehead atoms. The van der Waals surface area contributed by atoms with Crippen molar-refractivity contribution in [3.05, 3.63) is 0 Å². The third-order valence-electron chi connectivity index (χ3n) is 5.27. The maximum Gasteiger partial charge on any atom is 0.0900 e. The van der Waals surface area contributed by atoms with Crippen LogP contribution in [-0.2, 0) is 4.74 Å². The van der Waals surface area contributed by atoms with Crippen molar-refractivity contribution in [3.8, 4) is 0 Å². The first-order valence-electron chi connectivity index (χ1n) is 8.49. The van der Waals surface area contributed by atoms with E-state index in [1.54, 1.807) is 0 Å². The van der Waals surface area contributed by atoms with Gasteiger partial charge in [0.15, 0.2) is 0 Å². The summed E-state index contributed by atoms with van der Waals surface area (Å²) in [5.41, 5.74) is 0. The second-order valence-corrected chi connectivity index (χ2v) is 7.51. The van der Waals surface area contributed by atoms with Crippen molar-refractivity contribution in [2.24, 2.45) is 17.8 Å². The van der Waals surface area contributed by atoms with Gasteiger partial charge in [-0.1, -0.05) is 6.42 Å². The lowest BCUT2D eigenvalue weighted by molar-refractivity contribution is -0.0113. The highest BCUT2D eigenvalue weighted by atomic mass is 16.5. The van der Waals surface area contributed by atoms with Gasteiger partial charge < -0.3 is 9.84 Å². The largest absolute Gasteiger partial charge is 0.389 e. The van der Waals surface area contributed by atoms with Crippen LogP contribution in [0.2, 0.25) is 0 Å². The molecule has 2 fully saturated rings. The molecule has 0 saturated heterocycles. The highest BCUT2D eigenvalue weighted by Gasteiger charge is 2.39. The molecule has 0 aromatic heterocycles. The maximum absolute atomic E-state index is 10.2. The summed E-state index contributed by atoms with van der Waals surface area (Å²) >= 11 is 0. The molecule has 2 aliphatic carbocycles. The van der Waals surface area contributed by atoms with Gasteiger partial charge in [-0.2, -0.15) is 0 Å². The molecule has 0 unspecified atom stereocenters. The van der Waals surface area contributed by atoms with Gasteiger partial charge in [-0.15, -0.1) is 0 Å². The summed E-state index contributed by atoms with van der Waals surface area (Å²) in [6.45, 7) is 10.8. The molecular formula is C17H33NO2. The van der Waals surface area contributed by atoms with E-state index >= 15 is 0 Å². The predicted molar refractivity (Wildman–Crippen MR) is 82.7 cm³/mol. The number of fused-ring (bicyclic) bond motifs is 2. The van der Waals surface area contributed by atoms with Crippen LogP contribution in [0.25, 0.3) is 0 Å². The molecule has 1 N–H and O–H groups in total. The van der Waals surface area contributed by atoms with Gasteiger partial charge in [-0.25, -0.2) is 0 Å². The van der Waals surface area contributed by atoms with Gasteiger partial charge >= 0.3 is 0 Å². The minimum absolute atomic E-state index is 0.363. The van der Waals surface area contributed by atoms with Crippen LogP contribution in [0.3, 0.4) is 0 Å². The minimum Gasteiger partial charge on any atom is -0.389 e.